The van der Waals surface area contributed by atoms with E-state index >= 15 is 0 Å². The Kier molecular flexibility index (Phi) is 6.73. The van der Waals surface area contributed by atoms with Gasteiger partial charge in [-0.15, -0.1) is 0 Å². The van der Waals surface area contributed by atoms with Crippen molar-refractivity contribution in [3.63, 3.8) is 0 Å². The summed E-state index contributed by atoms with van der Waals surface area (Å²) in [6, 6.07) is 12.2. The molecule has 30 heavy (non-hydrogen) atoms. The van der Waals surface area contributed by atoms with E-state index in [4.69, 9.17) is 4.74 Å². The Bertz CT molecular complexity index is 1040. The average molecular weight is 432 g/mol. The van der Waals surface area contributed by atoms with Crippen LogP contribution in [0.2, 0.25) is 0 Å². The molecule has 8 nitrogen and oxygen atoms in total. The molecular weight excluding hydrogens is 406 g/mol. The van der Waals surface area contributed by atoms with Gasteiger partial charge < -0.3 is 15.0 Å². The van der Waals surface area contributed by atoms with Gasteiger partial charge in [-0.2, -0.15) is 0 Å². The Morgan fingerprint density at radius 1 is 1.17 bits per heavy atom. The summed E-state index contributed by atoms with van der Waals surface area (Å²) in [5, 5.41) is 2.83. The van der Waals surface area contributed by atoms with Crippen LogP contribution in [0.4, 0.5) is 11.4 Å². The number of carbonyl (C=O) groups excluding carboxylic acids is 2. The number of carbonyl (C=O) groups is 2. The van der Waals surface area contributed by atoms with Crippen molar-refractivity contribution in [1.82, 2.24) is 4.72 Å². The quantitative estimate of drug-likeness (QED) is 0.667. The molecule has 0 radical (unpaired) electrons. The minimum atomic E-state index is -3.21. The lowest BCUT2D eigenvalue weighted by Gasteiger charge is -2.19. The van der Waals surface area contributed by atoms with Gasteiger partial charge in [0.25, 0.3) is 5.91 Å². The molecule has 0 bridgehead atoms. The molecule has 1 aliphatic rings. The molecule has 2 aromatic carbocycles. The third-order valence-electron chi connectivity index (χ3n) is 4.80. The van der Waals surface area contributed by atoms with Crippen LogP contribution in [0.25, 0.3) is 0 Å². The molecule has 9 heteroatoms. The predicted octanol–water partition coefficient (Wildman–Crippen LogP) is 2.17. The molecule has 2 amide bonds. The molecule has 0 aliphatic carbocycles. The van der Waals surface area contributed by atoms with Crippen LogP contribution in [0.3, 0.4) is 0 Å². The van der Waals surface area contributed by atoms with E-state index in [9.17, 15) is 18.0 Å². The van der Waals surface area contributed by atoms with Crippen molar-refractivity contribution >= 4 is 33.2 Å². The zero-order valence-corrected chi connectivity index (χ0v) is 17.8. The number of nitrogens with zero attached hydrogens (tertiary/aromatic N) is 1. The lowest BCUT2D eigenvalue weighted by molar-refractivity contribution is -0.117. The van der Waals surface area contributed by atoms with Crippen molar-refractivity contribution in [3.05, 3.63) is 53.6 Å². The number of anilines is 2. The minimum Gasteiger partial charge on any atom is -0.494 e. The molecule has 0 atom stereocenters. The Morgan fingerprint density at radius 3 is 2.50 bits per heavy atom. The van der Waals surface area contributed by atoms with Gasteiger partial charge in [0.2, 0.25) is 15.9 Å². The van der Waals surface area contributed by atoms with Crippen LogP contribution in [0.5, 0.6) is 5.75 Å². The monoisotopic (exact) mass is 431 g/mol. The maximum absolute atomic E-state index is 12.6. The molecule has 1 fully saturated rings. The molecule has 1 heterocycles. The summed E-state index contributed by atoms with van der Waals surface area (Å²) in [7, 11) is -1.68. The summed E-state index contributed by atoms with van der Waals surface area (Å²) in [4.78, 5) is 26.3. The van der Waals surface area contributed by atoms with Crippen LogP contribution >= 0.6 is 0 Å². The number of methoxy groups -OCH3 is 1. The van der Waals surface area contributed by atoms with Crippen LogP contribution in [0.1, 0.15) is 28.8 Å². The number of benzene rings is 2. The molecule has 0 saturated carbocycles. The highest BCUT2D eigenvalue weighted by Crippen LogP contribution is 2.33. The lowest BCUT2D eigenvalue weighted by Crippen LogP contribution is -2.24. The summed E-state index contributed by atoms with van der Waals surface area (Å²) in [5.74, 6) is 0.316. The second-order valence-electron chi connectivity index (χ2n) is 7.10. The average Bonchev–Trinajstić information content (AvgIpc) is 3.13. The van der Waals surface area contributed by atoms with Crippen molar-refractivity contribution in [2.45, 2.75) is 19.3 Å². The van der Waals surface area contributed by atoms with Gasteiger partial charge in [-0.3, -0.25) is 9.59 Å². The summed E-state index contributed by atoms with van der Waals surface area (Å²) in [6.07, 6.45) is 3.00. The highest BCUT2D eigenvalue weighted by Gasteiger charge is 2.24. The van der Waals surface area contributed by atoms with Gasteiger partial charge in [-0.25, -0.2) is 13.1 Å². The number of amides is 2. The zero-order valence-electron chi connectivity index (χ0n) is 17.0. The molecule has 0 unspecified atom stereocenters. The van der Waals surface area contributed by atoms with E-state index in [1.54, 1.807) is 47.4 Å². The Labute approximate surface area is 176 Å². The zero-order chi connectivity index (χ0) is 21.7. The first kappa shape index (κ1) is 21.8. The number of nitrogens with one attached hydrogen (secondary N) is 2. The molecule has 0 spiro atoms. The fraction of sp³-hybridized carbons (Fsp3) is 0.333. The Balaban J connectivity index is 1.64. The standard InChI is InChI=1S/C21H25N3O5S/c1-29-19-14-17(9-10-18(19)24-13-3-4-20(24)25)23-21(26)16-7-5-15(6-8-16)11-12-22-30(2,27)28/h5-10,14,22H,3-4,11-13H2,1-2H3,(H,23,26). The summed E-state index contributed by atoms with van der Waals surface area (Å²) in [5.41, 5.74) is 2.66. The van der Waals surface area contributed by atoms with E-state index in [-0.39, 0.29) is 11.8 Å². The molecular formula is C21H25N3O5S. The first-order valence-electron chi connectivity index (χ1n) is 9.60. The highest BCUT2D eigenvalue weighted by molar-refractivity contribution is 7.88. The lowest BCUT2D eigenvalue weighted by atomic mass is 10.1. The van der Waals surface area contributed by atoms with E-state index in [1.165, 1.54) is 7.11 Å². The van der Waals surface area contributed by atoms with Gasteiger partial charge >= 0.3 is 0 Å². The number of hydrogen-bond donors (Lipinski definition) is 2. The molecule has 1 saturated heterocycles. The van der Waals surface area contributed by atoms with Crippen molar-refractivity contribution in [2.24, 2.45) is 0 Å². The molecule has 1 aliphatic heterocycles. The van der Waals surface area contributed by atoms with E-state index in [1.807, 2.05) is 0 Å². The molecule has 160 valence electrons. The highest BCUT2D eigenvalue weighted by atomic mass is 32.2. The smallest absolute Gasteiger partial charge is 0.255 e. The minimum absolute atomic E-state index is 0.0666. The molecule has 2 aromatic rings. The summed E-state index contributed by atoms with van der Waals surface area (Å²) in [6.45, 7) is 0.961. The summed E-state index contributed by atoms with van der Waals surface area (Å²) >= 11 is 0. The predicted molar refractivity (Wildman–Crippen MR) is 116 cm³/mol. The van der Waals surface area contributed by atoms with Gasteiger partial charge in [0.1, 0.15) is 5.75 Å². The second kappa shape index (κ2) is 9.27. The largest absolute Gasteiger partial charge is 0.494 e. The Hall–Kier alpha value is -2.91. The SMILES string of the molecule is COc1cc(NC(=O)c2ccc(CCNS(C)(=O)=O)cc2)ccc1N1CCCC1=O. The van der Waals surface area contributed by atoms with E-state index < -0.39 is 10.0 Å². The van der Waals surface area contributed by atoms with Crippen molar-refractivity contribution < 1.29 is 22.7 Å². The third kappa shape index (κ3) is 5.58. The Morgan fingerprint density at radius 2 is 1.90 bits per heavy atom. The maximum atomic E-state index is 12.6. The fourth-order valence-corrected chi connectivity index (χ4v) is 3.76. The van der Waals surface area contributed by atoms with Gasteiger partial charge in [0.05, 0.1) is 19.1 Å². The van der Waals surface area contributed by atoms with Crippen molar-refractivity contribution in [3.8, 4) is 5.75 Å². The first-order valence-corrected chi connectivity index (χ1v) is 11.5. The normalized spacial score (nSPS) is 14.1. The van der Waals surface area contributed by atoms with Gasteiger partial charge in [0.15, 0.2) is 0 Å². The van der Waals surface area contributed by atoms with Crippen LogP contribution < -0.4 is 19.7 Å². The maximum Gasteiger partial charge on any atom is 0.255 e. The number of rotatable bonds is 8. The van der Waals surface area contributed by atoms with Crippen LogP contribution in [0.15, 0.2) is 42.5 Å². The van der Waals surface area contributed by atoms with Crippen LogP contribution in [-0.2, 0) is 21.2 Å². The van der Waals surface area contributed by atoms with E-state index in [2.05, 4.69) is 10.0 Å². The molecule has 0 aromatic heterocycles. The van der Waals surface area contributed by atoms with Crippen LogP contribution in [-0.4, -0.2) is 46.7 Å². The van der Waals surface area contributed by atoms with Gasteiger partial charge in [-0.1, -0.05) is 12.1 Å². The second-order valence-corrected chi connectivity index (χ2v) is 8.94. The van der Waals surface area contributed by atoms with Gasteiger partial charge in [0, 0.05) is 36.8 Å². The number of hydrogen-bond acceptors (Lipinski definition) is 5. The van der Waals surface area contributed by atoms with Crippen LogP contribution in [0, 0.1) is 0 Å². The topological polar surface area (TPSA) is 105 Å². The number of sulfonamides is 1. The fourth-order valence-electron chi connectivity index (χ4n) is 3.29. The first-order chi connectivity index (χ1) is 14.3. The van der Waals surface area contributed by atoms with E-state index in [0.717, 1.165) is 18.2 Å². The number of ether oxygens (including phenoxy) is 1. The van der Waals surface area contributed by atoms with Crippen molar-refractivity contribution in [2.75, 3.05) is 36.7 Å². The molecule has 3 rings (SSSR count). The van der Waals surface area contributed by atoms with Gasteiger partial charge in [-0.05, 0) is 42.7 Å². The van der Waals surface area contributed by atoms with E-state index in [0.29, 0.717) is 48.6 Å². The molecule has 2 N–H and O–H groups in total. The third-order valence-corrected chi connectivity index (χ3v) is 5.52. The summed E-state index contributed by atoms with van der Waals surface area (Å²) < 4.78 is 30.1. The van der Waals surface area contributed by atoms with Crippen molar-refractivity contribution in [1.29, 1.82) is 0 Å².